The van der Waals surface area contributed by atoms with E-state index in [1.54, 1.807) is 0 Å². The summed E-state index contributed by atoms with van der Waals surface area (Å²) >= 11 is 0. The predicted molar refractivity (Wildman–Crippen MR) is 80.3 cm³/mol. The molecule has 0 saturated heterocycles. The highest BCUT2D eigenvalue weighted by Gasteiger charge is 2.07. The van der Waals surface area contributed by atoms with Crippen LogP contribution in [-0.4, -0.2) is 41.2 Å². The summed E-state index contributed by atoms with van der Waals surface area (Å²) in [6.45, 7) is 8.66. The van der Waals surface area contributed by atoms with E-state index in [2.05, 4.69) is 40.9 Å². The molecule has 0 amide bonds. The number of rotatable bonds is 7. The fourth-order valence-electron chi connectivity index (χ4n) is 2.41. The number of benzene rings is 1. The van der Waals surface area contributed by atoms with Gasteiger partial charge in [0.2, 0.25) is 0 Å². The zero-order valence-corrected chi connectivity index (χ0v) is 11.5. The summed E-state index contributed by atoms with van der Waals surface area (Å²) < 4.78 is 0. The minimum Gasteiger partial charge on any atom is -0.395 e. The van der Waals surface area contributed by atoms with Gasteiger partial charge in [-0.15, -0.1) is 0 Å². The average molecular weight is 258 g/mol. The molecule has 0 aliphatic heterocycles. The van der Waals surface area contributed by atoms with Gasteiger partial charge in [0, 0.05) is 36.7 Å². The Balaban J connectivity index is 2.01. The number of fused-ring (bicyclic) bond motifs is 1. The predicted octanol–water partition coefficient (Wildman–Crippen LogP) is 2.58. The Morgan fingerprint density at radius 1 is 1.32 bits per heavy atom. The molecular formula is C16H22N2O. The third-order valence-electron chi connectivity index (χ3n) is 3.28. The summed E-state index contributed by atoms with van der Waals surface area (Å²) in [7, 11) is 0. The summed E-state index contributed by atoms with van der Waals surface area (Å²) in [5.41, 5.74) is 3.65. The summed E-state index contributed by atoms with van der Waals surface area (Å²) in [6.07, 6.45) is 3.07. The van der Waals surface area contributed by atoms with Crippen LogP contribution in [0.5, 0.6) is 0 Å². The highest BCUT2D eigenvalue weighted by Crippen LogP contribution is 2.18. The molecule has 0 aliphatic rings. The molecule has 1 heterocycles. The van der Waals surface area contributed by atoms with Gasteiger partial charge in [-0.1, -0.05) is 30.4 Å². The average Bonchev–Trinajstić information content (AvgIpc) is 2.79. The van der Waals surface area contributed by atoms with E-state index in [9.17, 15) is 0 Å². The number of aliphatic hydroxyl groups excluding tert-OH is 1. The third-order valence-corrected chi connectivity index (χ3v) is 3.28. The minimum atomic E-state index is 0.196. The van der Waals surface area contributed by atoms with Gasteiger partial charge in [-0.2, -0.15) is 0 Å². The van der Waals surface area contributed by atoms with Crippen molar-refractivity contribution in [3.05, 3.63) is 48.2 Å². The van der Waals surface area contributed by atoms with E-state index in [0.717, 1.165) is 25.1 Å². The van der Waals surface area contributed by atoms with Crippen molar-refractivity contribution in [3.8, 4) is 0 Å². The fraction of sp³-hybridized carbons (Fsp3) is 0.375. The number of para-hydroxylation sites is 1. The highest BCUT2D eigenvalue weighted by molar-refractivity contribution is 5.83. The largest absolute Gasteiger partial charge is 0.395 e. The summed E-state index contributed by atoms with van der Waals surface area (Å²) in [5.74, 6) is 0. The maximum atomic E-state index is 9.10. The lowest BCUT2D eigenvalue weighted by Crippen LogP contribution is -2.30. The van der Waals surface area contributed by atoms with E-state index < -0.39 is 0 Å². The van der Waals surface area contributed by atoms with Crippen LogP contribution in [0.15, 0.2) is 42.6 Å². The molecule has 19 heavy (non-hydrogen) atoms. The number of H-pyrrole nitrogens is 1. The van der Waals surface area contributed by atoms with E-state index in [1.165, 1.54) is 16.5 Å². The molecule has 0 radical (unpaired) electrons. The minimum absolute atomic E-state index is 0.196. The second-order valence-electron chi connectivity index (χ2n) is 5.07. The molecule has 0 atom stereocenters. The van der Waals surface area contributed by atoms with Gasteiger partial charge in [-0.25, -0.2) is 0 Å². The molecule has 2 aromatic rings. The van der Waals surface area contributed by atoms with Crippen LogP contribution >= 0.6 is 0 Å². The second kappa shape index (κ2) is 6.55. The number of nitrogens with zero attached hydrogens (tertiary/aromatic N) is 1. The van der Waals surface area contributed by atoms with Crippen LogP contribution < -0.4 is 0 Å². The van der Waals surface area contributed by atoms with Crippen LogP contribution in [0.1, 0.15) is 12.5 Å². The number of aromatic nitrogens is 1. The first-order valence-corrected chi connectivity index (χ1v) is 6.73. The lowest BCUT2D eigenvalue weighted by atomic mass is 10.1. The molecule has 0 spiro atoms. The van der Waals surface area contributed by atoms with Gasteiger partial charge in [0.25, 0.3) is 0 Å². The van der Waals surface area contributed by atoms with E-state index in [-0.39, 0.29) is 6.61 Å². The Morgan fingerprint density at radius 3 is 2.84 bits per heavy atom. The molecule has 1 aromatic carbocycles. The standard InChI is InChI=1S/C16H22N2O/c1-13(2)12-18(9-10-19)8-7-14-11-17-16-6-4-3-5-15(14)16/h3-6,11,17,19H,1,7-10,12H2,2H3. The van der Waals surface area contributed by atoms with Crippen LogP contribution in [0.2, 0.25) is 0 Å². The summed E-state index contributed by atoms with van der Waals surface area (Å²) in [5, 5.41) is 10.4. The molecule has 3 nitrogen and oxygen atoms in total. The van der Waals surface area contributed by atoms with Gasteiger partial charge in [0.15, 0.2) is 0 Å². The molecule has 1 aromatic heterocycles. The third kappa shape index (κ3) is 3.69. The Kier molecular flexibility index (Phi) is 4.77. The Hall–Kier alpha value is -1.58. The van der Waals surface area contributed by atoms with Crippen LogP contribution in [-0.2, 0) is 6.42 Å². The van der Waals surface area contributed by atoms with E-state index >= 15 is 0 Å². The molecule has 2 rings (SSSR count). The van der Waals surface area contributed by atoms with Crippen molar-refractivity contribution in [1.29, 1.82) is 0 Å². The number of nitrogens with one attached hydrogen (secondary N) is 1. The van der Waals surface area contributed by atoms with Gasteiger partial charge in [-0.3, -0.25) is 4.90 Å². The lowest BCUT2D eigenvalue weighted by molar-refractivity contribution is 0.207. The van der Waals surface area contributed by atoms with Gasteiger partial charge < -0.3 is 10.1 Å². The lowest BCUT2D eigenvalue weighted by Gasteiger charge is -2.21. The van der Waals surface area contributed by atoms with Crippen molar-refractivity contribution in [1.82, 2.24) is 9.88 Å². The van der Waals surface area contributed by atoms with Gasteiger partial charge in [-0.05, 0) is 25.0 Å². The quantitative estimate of drug-likeness (QED) is 0.749. The van der Waals surface area contributed by atoms with Gasteiger partial charge in [0.1, 0.15) is 0 Å². The van der Waals surface area contributed by atoms with Crippen molar-refractivity contribution >= 4 is 10.9 Å². The van der Waals surface area contributed by atoms with Crippen molar-refractivity contribution in [2.75, 3.05) is 26.2 Å². The molecule has 3 heteroatoms. The van der Waals surface area contributed by atoms with E-state index in [1.807, 2.05) is 13.0 Å². The van der Waals surface area contributed by atoms with Crippen LogP contribution in [0.25, 0.3) is 10.9 Å². The molecular weight excluding hydrogens is 236 g/mol. The summed E-state index contributed by atoms with van der Waals surface area (Å²) in [4.78, 5) is 5.54. The smallest absolute Gasteiger partial charge is 0.0558 e. The molecule has 0 aliphatic carbocycles. The van der Waals surface area contributed by atoms with Crippen molar-refractivity contribution in [2.45, 2.75) is 13.3 Å². The number of aromatic amines is 1. The summed E-state index contributed by atoms with van der Waals surface area (Å²) in [6, 6.07) is 8.36. The van der Waals surface area contributed by atoms with E-state index in [0.29, 0.717) is 6.54 Å². The highest BCUT2D eigenvalue weighted by atomic mass is 16.3. The maximum absolute atomic E-state index is 9.10. The van der Waals surface area contributed by atoms with Gasteiger partial charge >= 0.3 is 0 Å². The van der Waals surface area contributed by atoms with E-state index in [4.69, 9.17) is 5.11 Å². The van der Waals surface area contributed by atoms with Crippen LogP contribution in [0.4, 0.5) is 0 Å². The first-order chi connectivity index (χ1) is 9.20. The number of hydrogen-bond acceptors (Lipinski definition) is 2. The van der Waals surface area contributed by atoms with Gasteiger partial charge in [0.05, 0.1) is 6.61 Å². The molecule has 2 N–H and O–H groups in total. The van der Waals surface area contributed by atoms with Crippen molar-refractivity contribution in [3.63, 3.8) is 0 Å². The first-order valence-electron chi connectivity index (χ1n) is 6.73. The van der Waals surface area contributed by atoms with Crippen molar-refractivity contribution in [2.24, 2.45) is 0 Å². The van der Waals surface area contributed by atoms with Crippen LogP contribution in [0.3, 0.4) is 0 Å². The maximum Gasteiger partial charge on any atom is 0.0558 e. The molecule has 0 unspecified atom stereocenters. The zero-order valence-electron chi connectivity index (χ0n) is 11.5. The topological polar surface area (TPSA) is 39.3 Å². The number of aliphatic hydroxyl groups is 1. The molecule has 102 valence electrons. The number of hydrogen-bond donors (Lipinski definition) is 2. The normalized spacial score (nSPS) is 11.3. The second-order valence-corrected chi connectivity index (χ2v) is 5.07. The fourth-order valence-corrected chi connectivity index (χ4v) is 2.41. The molecule has 0 fully saturated rings. The molecule has 0 bridgehead atoms. The SMILES string of the molecule is C=C(C)CN(CCO)CCc1c[nH]c2ccccc12. The molecule has 0 saturated carbocycles. The van der Waals surface area contributed by atoms with Crippen molar-refractivity contribution < 1.29 is 5.11 Å². The monoisotopic (exact) mass is 258 g/mol. The Labute approximate surface area is 114 Å². The first kappa shape index (κ1) is 13.8. The Bertz CT molecular complexity index is 544. The zero-order chi connectivity index (χ0) is 13.7. The Morgan fingerprint density at radius 2 is 2.11 bits per heavy atom. The van der Waals surface area contributed by atoms with Crippen LogP contribution in [0, 0.1) is 0 Å².